The molecule has 1 aromatic rings. The Bertz CT molecular complexity index is 233. The zero-order valence-corrected chi connectivity index (χ0v) is 6.10. The summed E-state index contributed by atoms with van der Waals surface area (Å²) in [6.45, 7) is 1.56. The molecule has 4 nitrogen and oxygen atoms in total. The predicted molar refractivity (Wildman–Crippen MR) is 36.3 cm³/mol. The van der Waals surface area contributed by atoms with Crippen LogP contribution in [0.25, 0.3) is 0 Å². The van der Waals surface area contributed by atoms with Gasteiger partial charge in [0.05, 0.1) is 12.2 Å². The molecule has 0 unspecified atom stereocenters. The third kappa shape index (κ3) is 0.892. The lowest BCUT2D eigenvalue weighted by atomic mass is 10.2. The van der Waals surface area contributed by atoms with E-state index in [1.54, 1.807) is 4.42 Å². The van der Waals surface area contributed by atoms with E-state index in [1.807, 2.05) is 0 Å². The Hall–Kier alpha value is -0.610. The first-order chi connectivity index (χ1) is 4.86. The molecule has 0 spiro atoms. The molecule has 1 aliphatic heterocycles. The Morgan fingerprint density at radius 1 is 1.40 bits per heavy atom. The Kier molecular flexibility index (Phi) is 1.35. The lowest BCUT2D eigenvalue weighted by Crippen LogP contribution is -2.21. The summed E-state index contributed by atoms with van der Waals surface area (Å²) in [6, 6.07) is 0. The number of fused-ring (bicyclic) bond motifs is 1. The van der Waals surface area contributed by atoms with Crippen molar-refractivity contribution < 1.29 is 0 Å². The Morgan fingerprint density at radius 2 is 2.20 bits per heavy atom. The van der Waals surface area contributed by atoms with Crippen molar-refractivity contribution in [3.05, 3.63) is 11.4 Å². The lowest BCUT2D eigenvalue weighted by Gasteiger charge is -2.16. The summed E-state index contributed by atoms with van der Waals surface area (Å²) in [6.07, 6.45) is 0.898. The predicted octanol–water partition coefficient (Wildman–Crippen LogP) is 0.317. The summed E-state index contributed by atoms with van der Waals surface area (Å²) in [4.78, 5) is 0. The van der Waals surface area contributed by atoms with Gasteiger partial charge < -0.3 is 0 Å². The first-order valence-electron chi connectivity index (χ1n) is 3.15. The van der Waals surface area contributed by atoms with Crippen molar-refractivity contribution in [2.45, 2.75) is 13.0 Å². The zero-order valence-electron chi connectivity index (χ0n) is 5.34. The third-order valence-electron chi connectivity index (χ3n) is 1.62. The molecule has 0 saturated heterocycles. The summed E-state index contributed by atoms with van der Waals surface area (Å²) >= 11 is 5.75. The summed E-state index contributed by atoms with van der Waals surface area (Å²) in [5.41, 5.74) is 2.03. The minimum absolute atomic E-state index is 0.702. The number of halogens is 1. The topological polar surface area (TPSA) is 44.8 Å². The monoisotopic (exact) mass is 158 g/mol. The van der Waals surface area contributed by atoms with E-state index >= 15 is 0 Å². The molecule has 54 valence electrons. The van der Waals surface area contributed by atoms with Gasteiger partial charge in [-0.25, -0.2) is 4.42 Å². The molecule has 10 heavy (non-hydrogen) atoms. The summed E-state index contributed by atoms with van der Waals surface area (Å²) in [5, 5.41) is 10.5. The fourth-order valence-corrected chi connectivity index (χ4v) is 1.27. The van der Waals surface area contributed by atoms with E-state index < -0.39 is 0 Å². The lowest BCUT2D eigenvalue weighted by molar-refractivity contribution is 0.420. The van der Waals surface area contributed by atoms with Crippen molar-refractivity contribution in [2.24, 2.45) is 0 Å². The number of hydrogen-bond acceptors (Lipinski definition) is 3. The molecule has 0 fully saturated rings. The smallest absolute Gasteiger partial charge is 0.101 e. The Labute approximate surface area is 63.3 Å². The molecular weight excluding hydrogens is 152 g/mol. The quantitative estimate of drug-likeness (QED) is 0.553. The molecule has 2 heterocycles. The normalized spacial score (nSPS) is 18.9. The molecule has 5 heteroatoms. The number of hydrogen-bond donors (Lipinski definition) is 1. The van der Waals surface area contributed by atoms with Crippen LogP contribution in [0.1, 0.15) is 11.4 Å². The Balaban J connectivity index is 2.30. The molecule has 1 aromatic heterocycles. The molecule has 0 bridgehead atoms. The van der Waals surface area contributed by atoms with Gasteiger partial charge in [0.2, 0.25) is 0 Å². The van der Waals surface area contributed by atoms with Crippen LogP contribution in [0.5, 0.6) is 0 Å². The van der Waals surface area contributed by atoms with Crippen LogP contribution in [-0.2, 0) is 13.0 Å². The van der Waals surface area contributed by atoms with Crippen molar-refractivity contribution in [2.75, 3.05) is 6.54 Å². The number of nitrogens with zero attached hydrogens (tertiary/aromatic N) is 3. The van der Waals surface area contributed by atoms with Crippen LogP contribution in [0, 0.1) is 0 Å². The van der Waals surface area contributed by atoms with Gasteiger partial charge in [-0.2, -0.15) is 15.4 Å². The second-order valence-corrected chi connectivity index (χ2v) is 2.79. The van der Waals surface area contributed by atoms with Gasteiger partial charge in [-0.05, 0) is 11.8 Å². The summed E-state index contributed by atoms with van der Waals surface area (Å²) in [5.74, 6) is 0. The number of H-pyrrole nitrogens is 1. The molecule has 0 aromatic carbocycles. The fraction of sp³-hybridized carbons (Fsp3) is 0.600. The maximum absolute atomic E-state index is 5.75. The maximum atomic E-state index is 5.75. The first kappa shape index (κ1) is 6.12. The summed E-state index contributed by atoms with van der Waals surface area (Å²) in [7, 11) is 0. The van der Waals surface area contributed by atoms with Gasteiger partial charge in [0, 0.05) is 13.0 Å². The van der Waals surface area contributed by atoms with Gasteiger partial charge in [0.15, 0.2) is 0 Å². The van der Waals surface area contributed by atoms with Crippen LogP contribution in [0.4, 0.5) is 0 Å². The zero-order chi connectivity index (χ0) is 6.97. The van der Waals surface area contributed by atoms with Crippen LogP contribution in [0.15, 0.2) is 0 Å². The molecule has 2 rings (SSSR count). The van der Waals surface area contributed by atoms with E-state index in [4.69, 9.17) is 11.8 Å². The summed E-state index contributed by atoms with van der Waals surface area (Å²) < 4.78 is 1.71. The van der Waals surface area contributed by atoms with Crippen molar-refractivity contribution >= 4 is 11.8 Å². The minimum Gasteiger partial charge on any atom is -0.214 e. The van der Waals surface area contributed by atoms with E-state index in [0.717, 1.165) is 24.4 Å². The van der Waals surface area contributed by atoms with E-state index in [9.17, 15) is 0 Å². The van der Waals surface area contributed by atoms with Crippen LogP contribution in [0.3, 0.4) is 0 Å². The van der Waals surface area contributed by atoms with Crippen molar-refractivity contribution in [1.82, 2.24) is 19.8 Å². The SMILES string of the molecule is ClN1CCc2n[nH]nc2C1. The third-order valence-corrected chi connectivity index (χ3v) is 1.90. The molecule has 1 N–H and O–H groups in total. The van der Waals surface area contributed by atoms with Crippen molar-refractivity contribution in [3.63, 3.8) is 0 Å². The standard InChI is InChI=1S/C5H7ClN4/c6-10-2-1-4-5(3-10)8-9-7-4/h1-3H2,(H,7,8,9). The molecule has 0 aliphatic carbocycles. The highest BCUT2D eigenvalue weighted by Gasteiger charge is 2.17. The van der Waals surface area contributed by atoms with Crippen LogP contribution >= 0.6 is 11.8 Å². The average Bonchev–Trinajstić information content (AvgIpc) is 2.33. The van der Waals surface area contributed by atoms with Crippen LogP contribution in [0.2, 0.25) is 0 Å². The van der Waals surface area contributed by atoms with E-state index in [0.29, 0.717) is 6.54 Å². The average molecular weight is 159 g/mol. The van der Waals surface area contributed by atoms with E-state index in [2.05, 4.69) is 15.4 Å². The number of aromatic amines is 1. The van der Waals surface area contributed by atoms with Crippen molar-refractivity contribution in [1.29, 1.82) is 0 Å². The van der Waals surface area contributed by atoms with E-state index in [-0.39, 0.29) is 0 Å². The van der Waals surface area contributed by atoms with Crippen LogP contribution < -0.4 is 0 Å². The van der Waals surface area contributed by atoms with Gasteiger partial charge in [-0.1, -0.05) is 0 Å². The van der Waals surface area contributed by atoms with Gasteiger partial charge in [0.1, 0.15) is 5.69 Å². The highest BCUT2D eigenvalue weighted by molar-refractivity contribution is 6.13. The van der Waals surface area contributed by atoms with Gasteiger partial charge in [-0.15, -0.1) is 0 Å². The molecule has 0 saturated carbocycles. The maximum Gasteiger partial charge on any atom is 0.101 e. The highest BCUT2D eigenvalue weighted by atomic mass is 35.5. The van der Waals surface area contributed by atoms with Crippen LogP contribution in [-0.4, -0.2) is 26.4 Å². The van der Waals surface area contributed by atoms with Gasteiger partial charge in [-0.3, -0.25) is 0 Å². The highest BCUT2D eigenvalue weighted by Crippen LogP contribution is 2.14. The number of nitrogens with one attached hydrogen (secondary N) is 1. The fourth-order valence-electron chi connectivity index (χ4n) is 1.07. The minimum atomic E-state index is 0.702. The number of aromatic nitrogens is 3. The van der Waals surface area contributed by atoms with Gasteiger partial charge >= 0.3 is 0 Å². The Morgan fingerprint density at radius 3 is 3.10 bits per heavy atom. The van der Waals surface area contributed by atoms with Crippen molar-refractivity contribution in [3.8, 4) is 0 Å². The first-order valence-corrected chi connectivity index (χ1v) is 3.49. The van der Waals surface area contributed by atoms with E-state index in [1.165, 1.54) is 0 Å². The molecule has 0 atom stereocenters. The van der Waals surface area contributed by atoms with Gasteiger partial charge in [0.25, 0.3) is 0 Å². The molecule has 0 radical (unpaired) electrons. The molecule has 0 amide bonds. The molecule has 1 aliphatic rings. The second-order valence-electron chi connectivity index (χ2n) is 2.31. The molecular formula is C5H7ClN4. The number of rotatable bonds is 0. The largest absolute Gasteiger partial charge is 0.214 e. The second kappa shape index (κ2) is 2.21.